The lowest BCUT2D eigenvalue weighted by molar-refractivity contribution is -0.384. The van der Waals surface area contributed by atoms with E-state index >= 15 is 0 Å². The lowest BCUT2D eigenvalue weighted by Crippen LogP contribution is -2.06. The number of carbonyl (C=O) groups is 1. The second-order valence-electron chi connectivity index (χ2n) is 6.75. The topological polar surface area (TPSA) is 90.9 Å². The second kappa shape index (κ2) is 9.36. The summed E-state index contributed by atoms with van der Waals surface area (Å²) in [5.41, 5.74) is 2.42. The van der Waals surface area contributed by atoms with E-state index < -0.39 is 4.92 Å². The molecule has 0 spiro atoms. The zero-order valence-electron chi connectivity index (χ0n) is 16.4. The molecule has 3 aromatic carbocycles. The van der Waals surface area contributed by atoms with E-state index in [0.717, 1.165) is 17.1 Å². The van der Waals surface area contributed by atoms with E-state index in [1.165, 1.54) is 36.0 Å². The molecule has 4 rings (SSSR count). The van der Waals surface area contributed by atoms with Crippen molar-refractivity contribution in [1.82, 2.24) is 14.8 Å². The van der Waals surface area contributed by atoms with E-state index in [1.807, 2.05) is 65.2 Å². The molecule has 31 heavy (non-hydrogen) atoms. The van der Waals surface area contributed by atoms with Crippen molar-refractivity contribution in [3.63, 3.8) is 0 Å². The molecule has 0 aliphatic heterocycles. The number of nitro groups is 1. The average Bonchev–Trinajstić information content (AvgIpc) is 3.21. The van der Waals surface area contributed by atoms with Crippen molar-refractivity contribution in [1.29, 1.82) is 0 Å². The molecule has 0 aliphatic carbocycles. The molecule has 0 radical (unpaired) electrons. The van der Waals surface area contributed by atoms with Crippen molar-refractivity contribution in [2.45, 2.75) is 11.6 Å². The van der Waals surface area contributed by atoms with E-state index in [2.05, 4.69) is 10.2 Å². The lowest BCUT2D eigenvalue weighted by atomic mass is 10.1. The van der Waals surface area contributed by atoms with E-state index in [4.69, 9.17) is 0 Å². The summed E-state index contributed by atoms with van der Waals surface area (Å²) >= 11 is 1.29. The number of non-ortho nitro benzene ring substituents is 1. The van der Waals surface area contributed by atoms with Crippen LogP contribution in [0.3, 0.4) is 0 Å². The number of hydrogen-bond donors (Lipinski definition) is 0. The van der Waals surface area contributed by atoms with Gasteiger partial charge >= 0.3 is 0 Å². The van der Waals surface area contributed by atoms with Crippen LogP contribution in [-0.2, 0) is 6.42 Å². The van der Waals surface area contributed by atoms with Crippen LogP contribution in [0.4, 0.5) is 5.69 Å². The van der Waals surface area contributed by atoms with Crippen LogP contribution in [0.25, 0.3) is 5.69 Å². The molecule has 0 aliphatic rings. The highest BCUT2D eigenvalue weighted by molar-refractivity contribution is 7.99. The molecule has 0 saturated carbocycles. The van der Waals surface area contributed by atoms with Crippen LogP contribution in [0.15, 0.2) is 90.1 Å². The molecular formula is C23H18N4O3S. The highest BCUT2D eigenvalue weighted by Crippen LogP contribution is 2.24. The Balaban J connectivity index is 1.56. The Hall–Kier alpha value is -3.78. The molecule has 0 unspecified atom stereocenters. The zero-order valence-corrected chi connectivity index (χ0v) is 17.2. The predicted octanol–water partition coefficient (Wildman–Crippen LogP) is 4.74. The van der Waals surface area contributed by atoms with E-state index in [1.54, 1.807) is 0 Å². The van der Waals surface area contributed by atoms with Crippen molar-refractivity contribution >= 4 is 23.2 Å². The summed E-state index contributed by atoms with van der Waals surface area (Å²) in [7, 11) is 0. The lowest BCUT2D eigenvalue weighted by Gasteiger charge is -2.10. The highest BCUT2D eigenvalue weighted by Gasteiger charge is 2.17. The van der Waals surface area contributed by atoms with Crippen molar-refractivity contribution < 1.29 is 9.72 Å². The number of Topliss-reactive ketones (excluding diaryl/α,β-unsaturated/α-hetero) is 1. The Kier molecular flexibility index (Phi) is 6.18. The van der Waals surface area contributed by atoms with E-state index in [-0.39, 0.29) is 17.2 Å². The van der Waals surface area contributed by atoms with Gasteiger partial charge in [-0.3, -0.25) is 19.5 Å². The van der Waals surface area contributed by atoms with Gasteiger partial charge in [-0.15, -0.1) is 10.2 Å². The SMILES string of the molecule is O=C(CSc1nnc(Cc2ccccc2)n1-c1ccccc1)c1ccc([N+](=O)[O-])cc1. The Morgan fingerprint density at radius 2 is 1.55 bits per heavy atom. The minimum Gasteiger partial charge on any atom is -0.293 e. The fourth-order valence-corrected chi connectivity index (χ4v) is 3.97. The van der Waals surface area contributed by atoms with Gasteiger partial charge in [0.25, 0.3) is 5.69 Å². The number of thioether (sulfide) groups is 1. The van der Waals surface area contributed by atoms with Crippen LogP contribution in [0.1, 0.15) is 21.7 Å². The highest BCUT2D eigenvalue weighted by atomic mass is 32.2. The van der Waals surface area contributed by atoms with Gasteiger partial charge in [-0.25, -0.2) is 0 Å². The van der Waals surface area contributed by atoms with Gasteiger partial charge in [0.2, 0.25) is 0 Å². The zero-order chi connectivity index (χ0) is 21.6. The normalized spacial score (nSPS) is 10.7. The maximum atomic E-state index is 12.6. The molecule has 0 bridgehead atoms. The van der Waals surface area contributed by atoms with Crippen molar-refractivity contribution in [3.8, 4) is 5.69 Å². The Morgan fingerprint density at radius 1 is 0.903 bits per heavy atom. The molecule has 0 saturated heterocycles. The largest absolute Gasteiger partial charge is 0.293 e. The number of para-hydroxylation sites is 1. The number of rotatable bonds is 8. The summed E-state index contributed by atoms with van der Waals surface area (Å²) in [6, 6.07) is 25.4. The monoisotopic (exact) mass is 430 g/mol. The number of nitrogens with zero attached hydrogens (tertiary/aromatic N) is 4. The van der Waals surface area contributed by atoms with Gasteiger partial charge in [0.05, 0.1) is 10.7 Å². The summed E-state index contributed by atoms with van der Waals surface area (Å²) in [5, 5.41) is 20.1. The van der Waals surface area contributed by atoms with Gasteiger partial charge in [-0.2, -0.15) is 0 Å². The maximum Gasteiger partial charge on any atom is 0.269 e. The van der Waals surface area contributed by atoms with Crippen LogP contribution in [-0.4, -0.2) is 31.2 Å². The summed E-state index contributed by atoms with van der Waals surface area (Å²) < 4.78 is 1.96. The molecule has 154 valence electrons. The first-order valence-corrected chi connectivity index (χ1v) is 10.5. The summed E-state index contributed by atoms with van der Waals surface area (Å²) in [5.74, 6) is 0.795. The van der Waals surface area contributed by atoms with Crippen molar-refractivity contribution in [3.05, 3.63) is 112 Å². The minimum absolute atomic E-state index is 0.0430. The van der Waals surface area contributed by atoms with Crippen LogP contribution in [0.5, 0.6) is 0 Å². The first-order valence-electron chi connectivity index (χ1n) is 9.56. The third-order valence-corrected chi connectivity index (χ3v) is 5.58. The summed E-state index contributed by atoms with van der Waals surface area (Å²) in [4.78, 5) is 22.9. The van der Waals surface area contributed by atoms with Gasteiger partial charge in [-0.1, -0.05) is 60.3 Å². The summed E-state index contributed by atoms with van der Waals surface area (Å²) in [6.07, 6.45) is 0.611. The first kappa shape index (κ1) is 20.5. The molecule has 0 fully saturated rings. The van der Waals surface area contributed by atoms with Gasteiger partial charge in [0.1, 0.15) is 5.82 Å². The van der Waals surface area contributed by atoms with Gasteiger partial charge in [0.15, 0.2) is 10.9 Å². The van der Waals surface area contributed by atoms with Gasteiger partial charge in [-0.05, 0) is 29.8 Å². The summed E-state index contributed by atoms with van der Waals surface area (Å²) in [6.45, 7) is 0. The average molecular weight is 430 g/mol. The van der Waals surface area contributed by atoms with Crippen molar-refractivity contribution in [2.24, 2.45) is 0 Å². The molecule has 7 nitrogen and oxygen atoms in total. The van der Waals surface area contributed by atoms with Crippen molar-refractivity contribution in [2.75, 3.05) is 5.75 Å². The number of benzene rings is 3. The standard InChI is InChI=1S/C23H18N4O3S/c28-21(18-11-13-20(14-12-18)27(29)30)16-31-23-25-24-22(15-17-7-3-1-4-8-17)26(23)19-9-5-2-6-10-19/h1-14H,15-16H2. The van der Waals surface area contributed by atoms with Gasteiger partial charge in [0, 0.05) is 29.8 Å². The third-order valence-electron chi connectivity index (χ3n) is 4.65. The number of nitro benzene ring substituents is 1. The molecule has 0 N–H and O–H groups in total. The van der Waals surface area contributed by atoms with Gasteiger partial charge < -0.3 is 0 Å². The van der Waals surface area contributed by atoms with Crippen LogP contribution in [0, 0.1) is 10.1 Å². The predicted molar refractivity (Wildman–Crippen MR) is 119 cm³/mol. The fraction of sp³-hybridized carbons (Fsp3) is 0.0870. The van der Waals surface area contributed by atoms with E-state index in [0.29, 0.717) is 17.1 Å². The number of ketones is 1. The number of aromatic nitrogens is 3. The smallest absolute Gasteiger partial charge is 0.269 e. The number of hydrogen-bond acceptors (Lipinski definition) is 6. The first-order chi connectivity index (χ1) is 15.1. The van der Waals surface area contributed by atoms with Crippen LogP contribution < -0.4 is 0 Å². The Bertz CT molecular complexity index is 1190. The molecule has 1 heterocycles. The van der Waals surface area contributed by atoms with Crippen LogP contribution in [0.2, 0.25) is 0 Å². The molecule has 8 heteroatoms. The quantitative estimate of drug-likeness (QED) is 0.174. The molecule has 0 atom stereocenters. The van der Waals surface area contributed by atoms with Crippen LogP contribution >= 0.6 is 11.8 Å². The molecular weight excluding hydrogens is 412 g/mol. The molecule has 4 aromatic rings. The molecule has 1 aromatic heterocycles. The Labute approximate surface area is 182 Å². The third kappa shape index (κ3) is 4.87. The number of carbonyl (C=O) groups excluding carboxylic acids is 1. The fourth-order valence-electron chi connectivity index (χ4n) is 3.11. The second-order valence-corrected chi connectivity index (χ2v) is 7.69. The molecule has 0 amide bonds. The minimum atomic E-state index is -0.487. The van der Waals surface area contributed by atoms with E-state index in [9.17, 15) is 14.9 Å². The maximum absolute atomic E-state index is 12.6. The Morgan fingerprint density at radius 3 is 2.19 bits per heavy atom.